The fraction of sp³-hybridized carbons (Fsp3) is 0.806. The molecule has 8 nitrogen and oxygen atoms in total. The van der Waals surface area contributed by atoms with E-state index in [0.717, 1.165) is 70.6 Å². The molecule has 0 aliphatic carbocycles. The third kappa shape index (κ3) is 59.6. The molecule has 3 unspecified atom stereocenters. The van der Waals surface area contributed by atoms with Crippen molar-refractivity contribution in [3.05, 3.63) is 72.9 Å². The molecule has 0 rings (SSSR count). The minimum absolute atomic E-state index is 0.0610. The summed E-state index contributed by atoms with van der Waals surface area (Å²) in [6.07, 6.45) is 80.2. The molecule has 0 spiro atoms. The second-order valence-corrected chi connectivity index (χ2v) is 24.6. The summed E-state index contributed by atoms with van der Waals surface area (Å²) in [6, 6.07) is -0.849. The molecule has 3 atom stereocenters. The van der Waals surface area contributed by atoms with Crippen LogP contribution in [0, 0.1) is 0 Å². The van der Waals surface area contributed by atoms with Crippen molar-refractivity contribution in [2.45, 2.75) is 309 Å². The van der Waals surface area contributed by atoms with Gasteiger partial charge in [-0.15, -0.1) is 0 Å². The number of hydrogen-bond donors (Lipinski definition) is 3. The molecule has 1 amide bonds. The van der Waals surface area contributed by atoms with Crippen molar-refractivity contribution >= 4 is 13.7 Å². The van der Waals surface area contributed by atoms with Gasteiger partial charge in [-0.2, -0.15) is 0 Å². The molecule has 0 bridgehead atoms. The molecule has 0 heterocycles. The van der Waals surface area contributed by atoms with Crippen LogP contribution in [-0.2, 0) is 18.4 Å². The third-order valence-electron chi connectivity index (χ3n) is 14.4. The molecule has 0 saturated heterocycles. The number of likely N-dealkylation sites (N-methyl/N-ethyl adjacent to an activating group) is 1. The Kier molecular flexibility index (Phi) is 56.1. The number of aliphatic hydroxyl groups is 1. The molecule has 0 aliphatic heterocycles. The van der Waals surface area contributed by atoms with Gasteiger partial charge in [0.1, 0.15) is 13.2 Å². The average Bonchev–Trinajstić information content (AvgIpc) is 3.38. The molecule has 0 saturated carbocycles. The van der Waals surface area contributed by atoms with Gasteiger partial charge in [0.2, 0.25) is 5.91 Å². The third-order valence-corrected chi connectivity index (χ3v) is 15.4. The van der Waals surface area contributed by atoms with Crippen molar-refractivity contribution in [2.75, 3.05) is 40.9 Å². The highest BCUT2D eigenvalue weighted by Gasteiger charge is 2.28. The van der Waals surface area contributed by atoms with Gasteiger partial charge in [0.15, 0.2) is 0 Å². The molecule has 76 heavy (non-hydrogen) atoms. The molecular formula is C67H126N2O6P+. The summed E-state index contributed by atoms with van der Waals surface area (Å²) in [4.78, 5) is 23.4. The van der Waals surface area contributed by atoms with Gasteiger partial charge < -0.3 is 19.8 Å². The maximum Gasteiger partial charge on any atom is 0.472 e. The summed E-state index contributed by atoms with van der Waals surface area (Å²) in [7, 11) is 1.58. The summed E-state index contributed by atoms with van der Waals surface area (Å²) >= 11 is 0. The Labute approximate surface area is 472 Å². The molecule has 0 fully saturated rings. The lowest BCUT2D eigenvalue weighted by atomic mass is 10.0. The Bertz CT molecular complexity index is 1470. The number of nitrogens with zero attached hydrogens (tertiary/aromatic N) is 1. The van der Waals surface area contributed by atoms with Crippen LogP contribution in [0.5, 0.6) is 0 Å². The van der Waals surface area contributed by atoms with E-state index in [1.807, 2.05) is 27.2 Å². The van der Waals surface area contributed by atoms with Crippen molar-refractivity contribution in [1.82, 2.24) is 5.32 Å². The number of carbonyl (C=O) groups is 1. The van der Waals surface area contributed by atoms with Crippen molar-refractivity contribution < 1.29 is 32.9 Å². The standard InChI is InChI=1S/C67H125N2O6P/c1-6-8-10-12-14-16-18-20-22-24-26-28-29-30-31-32-33-34-35-36-37-38-39-41-43-45-47-49-51-53-55-57-59-61-67(71)68-65(64-75-76(72,73)74-63-62-69(3,4)5)66(70)60-58-56-54-52-50-48-46-44-42-40-27-25-23-21-19-17-15-13-11-9-7-2/h8,10,14,16,20,22,26,28,30-31,58,60,65-66,70H,6-7,9,11-13,15,17-19,21,23-25,27,29,32-57,59,61-64H2,1-5H3,(H-,68,71,72,73)/p+1/b10-8-,16-14-,22-20-,28-26-,31-30-,60-58+. The smallest absolute Gasteiger partial charge is 0.387 e. The Hall–Kier alpha value is -2.06. The van der Waals surface area contributed by atoms with Crippen LogP contribution >= 0.6 is 7.82 Å². The molecule has 0 radical (unpaired) electrons. The fourth-order valence-electron chi connectivity index (χ4n) is 9.42. The topological polar surface area (TPSA) is 105 Å². The largest absolute Gasteiger partial charge is 0.472 e. The highest BCUT2D eigenvalue weighted by molar-refractivity contribution is 7.47. The molecule has 0 aromatic rings. The number of rotatable bonds is 59. The van der Waals surface area contributed by atoms with E-state index in [-0.39, 0.29) is 19.1 Å². The van der Waals surface area contributed by atoms with E-state index in [9.17, 15) is 19.4 Å². The minimum atomic E-state index is -4.35. The van der Waals surface area contributed by atoms with Crippen molar-refractivity contribution in [1.29, 1.82) is 0 Å². The van der Waals surface area contributed by atoms with E-state index >= 15 is 0 Å². The lowest BCUT2D eigenvalue weighted by Gasteiger charge is -2.25. The summed E-state index contributed by atoms with van der Waals surface area (Å²) in [5, 5.41) is 14.0. The Balaban J connectivity index is 4.08. The second kappa shape index (κ2) is 57.6. The molecular weight excluding hydrogens is 960 g/mol. The van der Waals surface area contributed by atoms with Gasteiger partial charge in [-0.05, 0) is 64.2 Å². The number of aliphatic hydroxyl groups excluding tert-OH is 1. The number of unbranched alkanes of at least 4 members (excludes halogenated alkanes) is 36. The predicted molar refractivity (Wildman–Crippen MR) is 332 cm³/mol. The SMILES string of the molecule is CC/C=C\C/C=C\C/C=C\C/C=C\C/C=C\CCCCCCCCCCCCCCCCCCCC(=O)NC(COP(=O)(O)OCC[N+](C)(C)C)C(O)/C=C/CCCCCCCCCCCCCCCCCCCCC. The number of allylic oxidation sites excluding steroid dienone is 11. The van der Waals surface area contributed by atoms with Crippen LogP contribution in [0.25, 0.3) is 0 Å². The zero-order valence-electron chi connectivity index (χ0n) is 50.7. The van der Waals surface area contributed by atoms with Crippen LogP contribution in [0.3, 0.4) is 0 Å². The lowest BCUT2D eigenvalue weighted by Crippen LogP contribution is -2.45. The molecule has 0 aromatic heterocycles. The van der Waals surface area contributed by atoms with Gasteiger partial charge in [0.05, 0.1) is 39.9 Å². The first kappa shape index (κ1) is 73.9. The highest BCUT2D eigenvalue weighted by atomic mass is 31.2. The number of amides is 1. The van der Waals surface area contributed by atoms with E-state index in [1.165, 1.54) is 205 Å². The van der Waals surface area contributed by atoms with E-state index in [0.29, 0.717) is 17.4 Å². The lowest BCUT2D eigenvalue weighted by molar-refractivity contribution is -0.870. The first-order valence-electron chi connectivity index (χ1n) is 32.3. The summed E-state index contributed by atoms with van der Waals surface area (Å²) in [5.74, 6) is -0.174. The summed E-state index contributed by atoms with van der Waals surface area (Å²) in [5.41, 5.74) is 0. The van der Waals surface area contributed by atoms with Gasteiger partial charge in [-0.1, -0.05) is 299 Å². The van der Waals surface area contributed by atoms with E-state index in [4.69, 9.17) is 9.05 Å². The molecule has 0 aliphatic rings. The Morgan fingerprint density at radius 3 is 1.16 bits per heavy atom. The molecule has 9 heteroatoms. The predicted octanol–water partition coefficient (Wildman–Crippen LogP) is 20.2. The number of phosphoric acid groups is 1. The maximum absolute atomic E-state index is 13.0. The zero-order valence-corrected chi connectivity index (χ0v) is 51.6. The highest BCUT2D eigenvalue weighted by Crippen LogP contribution is 2.43. The zero-order chi connectivity index (χ0) is 55.6. The van der Waals surface area contributed by atoms with Crippen LogP contribution in [0.1, 0.15) is 296 Å². The van der Waals surface area contributed by atoms with Gasteiger partial charge >= 0.3 is 7.82 Å². The number of nitrogens with one attached hydrogen (secondary N) is 1. The quantitative estimate of drug-likeness (QED) is 0.0243. The normalized spacial score (nSPS) is 14.2. The van der Waals surface area contributed by atoms with Crippen LogP contribution in [0.15, 0.2) is 72.9 Å². The fourth-order valence-corrected chi connectivity index (χ4v) is 10.2. The number of carbonyl (C=O) groups excluding carboxylic acids is 1. The van der Waals surface area contributed by atoms with Crippen molar-refractivity contribution in [3.63, 3.8) is 0 Å². The molecule has 0 aromatic carbocycles. The first-order valence-corrected chi connectivity index (χ1v) is 33.8. The van der Waals surface area contributed by atoms with Crippen molar-refractivity contribution in [2.24, 2.45) is 0 Å². The summed E-state index contributed by atoms with van der Waals surface area (Å²) in [6.45, 7) is 4.74. The van der Waals surface area contributed by atoms with E-state index in [2.05, 4.69) is 79.9 Å². The first-order chi connectivity index (χ1) is 37.0. The minimum Gasteiger partial charge on any atom is -0.387 e. The monoisotopic (exact) mass is 1090 g/mol. The number of phosphoric ester groups is 1. The van der Waals surface area contributed by atoms with Crippen LogP contribution in [-0.4, -0.2) is 73.4 Å². The van der Waals surface area contributed by atoms with Crippen LogP contribution < -0.4 is 5.32 Å². The summed E-state index contributed by atoms with van der Waals surface area (Å²) < 4.78 is 23.8. The second-order valence-electron chi connectivity index (χ2n) is 23.1. The van der Waals surface area contributed by atoms with E-state index < -0.39 is 20.0 Å². The van der Waals surface area contributed by atoms with Gasteiger partial charge in [0.25, 0.3) is 0 Å². The Morgan fingerprint density at radius 2 is 0.789 bits per heavy atom. The van der Waals surface area contributed by atoms with Gasteiger partial charge in [0, 0.05) is 6.42 Å². The van der Waals surface area contributed by atoms with Gasteiger partial charge in [-0.3, -0.25) is 13.8 Å². The van der Waals surface area contributed by atoms with E-state index in [1.54, 1.807) is 6.08 Å². The van der Waals surface area contributed by atoms with Crippen LogP contribution in [0.2, 0.25) is 0 Å². The van der Waals surface area contributed by atoms with Crippen LogP contribution in [0.4, 0.5) is 0 Å². The number of quaternary nitrogens is 1. The molecule has 444 valence electrons. The van der Waals surface area contributed by atoms with Gasteiger partial charge in [-0.25, -0.2) is 4.57 Å². The Morgan fingerprint density at radius 1 is 0.461 bits per heavy atom. The average molecular weight is 1090 g/mol. The molecule has 3 N–H and O–H groups in total. The van der Waals surface area contributed by atoms with Crippen molar-refractivity contribution in [3.8, 4) is 0 Å². The maximum atomic E-state index is 13.0. The number of hydrogen-bond acceptors (Lipinski definition) is 5.